The van der Waals surface area contributed by atoms with E-state index in [9.17, 15) is 13.2 Å². The van der Waals surface area contributed by atoms with Crippen molar-refractivity contribution < 1.29 is 17.9 Å². The molecule has 3 aromatic carbocycles. The number of ether oxygens (including phenoxy) is 1. The molecule has 0 aliphatic heterocycles. The van der Waals surface area contributed by atoms with E-state index in [0.717, 1.165) is 20.8 Å². The van der Waals surface area contributed by atoms with E-state index < -0.39 is 9.84 Å². The normalized spacial score (nSPS) is 11.4. The second-order valence-corrected chi connectivity index (χ2v) is 9.96. The summed E-state index contributed by atoms with van der Waals surface area (Å²) in [5.74, 6) is -0.0807. The number of aromatic nitrogens is 1. The molecule has 0 aliphatic rings. The number of para-hydroxylation sites is 2. The Morgan fingerprint density at radius 3 is 2.45 bits per heavy atom. The number of benzene rings is 3. The monoisotopic (exact) mass is 452 g/mol. The summed E-state index contributed by atoms with van der Waals surface area (Å²) in [6.07, 6.45) is -0.150. The van der Waals surface area contributed by atoms with Crippen LogP contribution >= 0.6 is 11.3 Å². The highest BCUT2D eigenvalue weighted by Crippen LogP contribution is 2.34. The topological polar surface area (TPSA) is 85.4 Å². The molecule has 1 aromatic heterocycles. The maximum Gasteiger partial charge on any atom is 0.225 e. The minimum Gasteiger partial charge on any atom is -0.497 e. The first-order chi connectivity index (χ1) is 15.0. The average Bonchev–Trinajstić information content (AvgIpc) is 3.22. The number of amides is 1. The van der Waals surface area contributed by atoms with Crippen LogP contribution in [0.3, 0.4) is 0 Å². The van der Waals surface area contributed by atoms with Crippen LogP contribution in [0.25, 0.3) is 20.8 Å². The van der Waals surface area contributed by atoms with Gasteiger partial charge in [-0.15, -0.1) is 11.3 Å². The van der Waals surface area contributed by atoms with Crippen molar-refractivity contribution in [3.8, 4) is 16.3 Å². The molecule has 0 bridgehead atoms. The lowest BCUT2D eigenvalue weighted by atomic mass is 10.2. The van der Waals surface area contributed by atoms with Crippen molar-refractivity contribution in [3.63, 3.8) is 0 Å². The molecule has 8 heteroatoms. The third-order valence-corrected chi connectivity index (χ3v) is 7.54. The van der Waals surface area contributed by atoms with Gasteiger partial charge in [0.2, 0.25) is 5.91 Å². The van der Waals surface area contributed by atoms with Crippen LogP contribution in [0.2, 0.25) is 0 Å². The molecule has 0 radical (unpaired) electrons. The number of sulfone groups is 1. The summed E-state index contributed by atoms with van der Waals surface area (Å²) in [6, 6.07) is 21.3. The van der Waals surface area contributed by atoms with Gasteiger partial charge in [0.05, 0.1) is 33.7 Å². The molecule has 0 aliphatic carbocycles. The summed E-state index contributed by atoms with van der Waals surface area (Å²) in [6.45, 7) is 0. The van der Waals surface area contributed by atoms with Gasteiger partial charge in [0.25, 0.3) is 0 Å². The SMILES string of the molecule is COc1ccc(S(=O)(=O)CCC(=O)Nc2ccccc2-c2nc3ccccc3s2)cc1. The zero-order chi connectivity index (χ0) is 21.8. The van der Waals surface area contributed by atoms with Crippen molar-refractivity contribution in [2.45, 2.75) is 11.3 Å². The lowest BCUT2D eigenvalue weighted by Gasteiger charge is -2.10. The van der Waals surface area contributed by atoms with Crippen LogP contribution in [0, 0.1) is 0 Å². The standard InChI is InChI=1S/C23H20N2O4S2/c1-29-16-10-12-17(13-11-16)31(27,28)15-14-22(26)24-19-7-3-2-6-18(19)23-25-20-8-4-5-9-21(20)30-23/h2-13H,14-15H2,1H3,(H,24,26). The molecule has 0 spiro atoms. The molecule has 0 fully saturated rings. The van der Waals surface area contributed by atoms with Gasteiger partial charge in [0.1, 0.15) is 10.8 Å². The van der Waals surface area contributed by atoms with Gasteiger partial charge in [-0.25, -0.2) is 13.4 Å². The van der Waals surface area contributed by atoms with Crippen molar-refractivity contribution in [2.75, 3.05) is 18.2 Å². The summed E-state index contributed by atoms with van der Waals surface area (Å²) in [5, 5.41) is 3.63. The van der Waals surface area contributed by atoms with E-state index in [1.807, 2.05) is 42.5 Å². The molecule has 158 valence electrons. The fourth-order valence-corrected chi connectivity index (χ4v) is 5.35. The predicted molar refractivity (Wildman–Crippen MR) is 123 cm³/mol. The largest absolute Gasteiger partial charge is 0.497 e. The highest BCUT2D eigenvalue weighted by molar-refractivity contribution is 7.91. The summed E-state index contributed by atoms with van der Waals surface area (Å²) < 4.78 is 31.2. The summed E-state index contributed by atoms with van der Waals surface area (Å²) in [5.41, 5.74) is 2.30. The molecular formula is C23H20N2O4S2. The molecule has 0 saturated carbocycles. The number of nitrogens with one attached hydrogen (secondary N) is 1. The number of rotatable bonds is 7. The molecule has 4 aromatic rings. The third kappa shape index (κ3) is 4.76. The Kier molecular flexibility index (Phi) is 6.01. The highest BCUT2D eigenvalue weighted by atomic mass is 32.2. The van der Waals surface area contributed by atoms with Crippen molar-refractivity contribution in [1.82, 2.24) is 4.98 Å². The Morgan fingerprint density at radius 2 is 1.71 bits per heavy atom. The van der Waals surface area contributed by atoms with E-state index in [0.29, 0.717) is 11.4 Å². The van der Waals surface area contributed by atoms with Crippen molar-refractivity contribution >= 4 is 43.0 Å². The van der Waals surface area contributed by atoms with Crippen LogP contribution in [0.15, 0.2) is 77.7 Å². The smallest absolute Gasteiger partial charge is 0.225 e. The zero-order valence-electron chi connectivity index (χ0n) is 16.7. The first-order valence-corrected chi connectivity index (χ1v) is 12.0. The van der Waals surface area contributed by atoms with Gasteiger partial charge in [-0.2, -0.15) is 0 Å². The molecule has 1 heterocycles. The summed E-state index contributed by atoms with van der Waals surface area (Å²) in [7, 11) is -2.06. The van der Waals surface area contributed by atoms with E-state index in [1.54, 1.807) is 29.5 Å². The van der Waals surface area contributed by atoms with Crippen LogP contribution in [0.1, 0.15) is 6.42 Å². The number of anilines is 1. The Morgan fingerprint density at radius 1 is 1.00 bits per heavy atom. The lowest BCUT2D eigenvalue weighted by Crippen LogP contribution is -2.17. The van der Waals surface area contributed by atoms with Gasteiger partial charge >= 0.3 is 0 Å². The van der Waals surface area contributed by atoms with E-state index in [-0.39, 0.29) is 23.0 Å². The van der Waals surface area contributed by atoms with Gasteiger partial charge in [-0.05, 0) is 48.5 Å². The maximum atomic E-state index is 12.5. The second kappa shape index (κ2) is 8.87. The number of thiazole rings is 1. The van der Waals surface area contributed by atoms with Crippen LogP contribution in [0.4, 0.5) is 5.69 Å². The number of carbonyl (C=O) groups excluding carboxylic acids is 1. The van der Waals surface area contributed by atoms with Gasteiger partial charge in [-0.3, -0.25) is 4.79 Å². The fraction of sp³-hybridized carbons (Fsp3) is 0.130. The van der Waals surface area contributed by atoms with Crippen molar-refractivity contribution in [1.29, 1.82) is 0 Å². The van der Waals surface area contributed by atoms with Gasteiger partial charge < -0.3 is 10.1 Å². The number of methoxy groups -OCH3 is 1. The number of nitrogens with zero attached hydrogens (tertiary/aromatic N) is 1. The van der Waals surface area contributed by atoms with Crippen LogP contribution in [-0.2, 0) is 14.6 Å². The van der Waals surface area contributed by atoms with Crippen LogP contribution in [0.5, 0.6) is 5.75 Å². The molecule has 6 nitrogen and oxygen atoms in total. The third-order valence-electron chi connectivity index (χ3n) is 4.74. The van der Waals surface area contributed by atoms with Gasteiger partial charge in [0.15, 0.2) is 9.84 Å². The first-order valence-electron chi connectivity index (χ1n) is 9.58. The molecule has 0 saturated heterocycles. The van der Waals surface area contributed by atoms with E-state index in [4.69, 9.17) is 4.74 Å². The zero-order valence-corrected chi connectivity index (χ0v) is 18.4. The fourth-order valence-electron chi connectivity index (χ4n) is 3.11. The number of carbonyl (C=O) groups is 1. The molecule has 1 N–H and O–H groups in total. The molecule has 0 unspecified atom stereocenters. The van der Waals surface area contributed by atoms with Crippen molar-refractivity contribution in [3.05, 3.63) is 72.8 Å². The van der Waals surface area contributed by atoms with Crippen LogP contribution in [-0.4, -0.2) is 32.2 Å². The second-order valence-electron chi connectivity index (χ2n) is 6.82. The average molecular weight is 453 g/mol. The minimum absolute atomic E-state index is 0.150. The quantitative estimate of drug-likeness (QED) is 0.436. The molecule has 1 amide bonds. The van der Waals surface area contributed by atoms with Crippen LogP contribution < -0.4 is 10.1 Å². The number of hydrogen-bond donors (Lipinski definition) is 1. The van der Waals surface area contributed by atoms with Gasteiger partial charge in [-0.1, -0.05) is 24.3 Å². The predicted octanol–water partition coefficient (Wildman–Crippen LogP) is 4.77. The first kappa shape index (κ1) is 21.0. The molecule has 31 heavy (non-hydrogen) atoms. The van der Waals surface area contributed by atoms with Gasteiger partial charge in [0, 0.05) is 12.0 Å². The molecular weight excluding hydrogens is 432 g/mol. The highest BCUT2D eigenvalue weighted by Gasteiger charge is 2.18. The minimum atomic E-state index is -3.58. The Balaban J connectivity index is 1.47. The number of hydrogen-bond acceptors (Lipinski definition) is 6. The Hall–Kier alpha value is -3.23. The molecule has 4 rings (SSSR count). The van der Waals surface area contributed by atoms with E-state index >= 15 is 0 Å². The van der Waals surface area contributed by atoms with E-state index in [1.165, 1.54) is 19.2 Å². The Bertz CT molecular complexity index is 1300. The number of fused-ring (bicyclic) bond motifs is 1. The summed E-state index contributed by atoms with van der Waals surface area (Å²) in [4.78, 5) is 17.3. The summed E-state index contributed by atoms with van der Waals surface area (Å²) >= 11 is 1.54. The van der Waals surface area contributed by atoms with Crippen molar-refractivity contribution in [2.24, 2.45) is 0 Å². The molecule has 0 atom stereocenters. The maximum absolute atomic E-state index is 12.5. The lowest BCUT2D eigenvalue weighted by molar-refractivity contribution is -0.115. The van der Waals surface area contributed by atoms with E-state index in [2.05, 4.69) is 10.3 Å². The Labute approximate surface area is 184 Å².